The van der Waals surface area contributed by atoms with Gasteiger partial charge in [0.15, 0.2) is 0 Å². The Bertz CT molecular complexity index is 442. The van der Waals surface area contributed by atoms with E-state index in [1.165, 1.54) is 19.4 Å². The number of carbonyl (C=O) groups is 2. The summed E-state index contributed by atoms with van der Waals surface area (Å²) in [5, 5.41) is 2.65. The molecular weight excluding hydrogens is 258 g/mol. The van der Waals surface area contributed by atoms with Gasteiger partial charge >= 0.3 is 5.97 Å². The van der Waals surface area contributed by atoms with Crippen LogP contribution in [-0.2, 0) is 25.7 Å². The first kappa shape index (κ1) is 15.8. The number of methoxy groups -OCH3 is 1. The second-order valence-electron chi connectivity index (χ2n) is 4.07. The van der Waals surface area contributed by atoms with E-state index < -0.39 is 0 Å². The van der Waals surface area contributed by atoms with Crippen molar-refractivity contribution in [2.75, 3.05) is 13.7 Å². The molecule has 108 valence electrons. The van der Waals surface area contributed by atoms with E-state index in [2.05, 4.69) is 10.1 Å². The second-order valence-corrected chi connectivity index (χ2v) is 4.07. The van der Waals surface area contributed by atoms with E-state index in [1.807, 2.05) is 30.3 Å². The van der Waals surface area contributed by atoms with Gasteiger partial charge in [0.05, 0.1) is 13.4 Å². The van der Waals surface area contributed by atoms with Crippen molar-refractivity contribution in [3.05, 3.63) is 48.2 Å². The van der Waals surface area contributed by atoms with Gasteiger partial charge in [0.25, 0.3) is 0 Å². The van der Waals surface area contributed by atoms with Crippen molar-refractivity contribution in [1.82, 2.24) is 5.32 Å². The number of amides is 1. The number of benzene rings is 1. The number of hydrogen-bond donors (Lipinski definition) is 1. The predicted octanol–water partition coefficient (Wildman–Crippen LogP) is 1.79. The van der Waals surface area contributed by atoms with E-state index in [1.54, 1.807) is 0 Å². The van der Waals surface area contributed by atoms with E-state index in [-0.39, 0.29) is 11.9 Å². The van der Waals surface area contributed by atoms with Crippen LogP contribution in [0.25, 0.3) is 0 Å². The van der Waals surface area contributed by atoms with Crippen LogP contribution in [-0.4, -0.2) is 25.5 Å². The molecule has 0 bridgehead atoms. The summed E-state index contributed by atoms with van der Waals surface area (Å²) < 4.78 is 9.73. The van der Waals surface area contributed by atoms with Gasteiger partial charge in [-0.1, -0.05) is 30.3 Å². The topological polar surface area (TPSA) is 64.6 Å². The molecule has 0 unspecified atom stereocenters. The Hall–Kier alpha value is -2.30. The van der Waals surface area contributed by atoms with Crippen molar-refractivity contribution in [3.63, 3.8) is 0 Å². The lowest BCUT2D eigenvalue weighted by molar-refractivity contribution is -0.140. The molecule has 1 N–H and O–H groups in total. The number of rotatable bonds is 8. The number of nitrogens with one attached hydrogen (secondary N) is 1. The summed E-state index contributed by atoms with van der Waals surface area (Å²) in [4.78, 5) is 22.2. The van der Waals surface area contributed by atoms with Crippen molar-refractivity contribution in [1.29, 1.82) is 0 Å². The zero-order valence-electron chi connectivity index (χ0n) is 11.5. The average Bonchev–Trinajstić information content (AvgIpc) is 2.49. The number of hydrogen-bond acceptors (Lipinski definition) is 4. The third-order valence-electron chi connectivity index (χ3n) is 2.49. The lowest BCUT2D eigenvalue weighted by Crippen LogP contribution is -2.22. The molecule has 1 amide bonds. The number of esters is 1. The molecule has 5 nitrogen and oxygen atoms in total. The molecule has 0 saturated heterocycles. The standard InChI is InChI=1S/C15H19NO4/c1-19-15(18)8-5-10-16-14(17)9-11-20-12-13-6-3-2-4-7-13/h2-4,6-7,9,11H,5,8,10,12H2,1H3,(H,16,17). The minimum Gasteiger partial charge on any atom is -0.496 e. The molecule has 0 aliphatic heterocycles. The third kappa shape index (κ3) is 7.20. The van der Waals surface area contributed by atoms with E-state index in [0.29, 0.717) is 26.0 Å². The van der Waals surface area contributed by atoms with Gasteiger partial charge in [-0.05, 0) is 12.0 Å². The van der Waals surface area contributed by atoms with Crippen molar-refractivity contribution >= 4 is 11.9 Å². The molecule has 0 heterocycles. The molecule has 20 heavy (non-hydrogen) atoms. The van der Waals surface area contributed by atoms with Crippen LogP contribution in [0.3, 0.4) is 0 Å². The van der Waals surface area contributed by atoms with E-state index in [9.17, 15) is 9.59 Å². The predicted molar refractivity (Wildman–Crippen MR) is 74.6 cm³/mol. The zero-order valence-corrected chi connectivity index (χ0v) is 11.5. The van der Waals surface area contributed by atoms with Crippen LogP contribution in [0, 0.1) is 0 Å². The third-order valence-corrected chi connectivity index (χ3v) is 2.49. The van der Waals surface area contributed by atoms with Crippen LogP contribution in [0.15, 0.2) is 42.7 Å². The Kier molecular flexibility index (Phi) is 7.57. The van der Waals surface area contributed by atoms with Gasteiger partial charge < -0.3 is 14.8 Å². The summed E-state index contributed by atoms with van der Waals surface area (Å²) in [6, 6.07) is 9.68. The van der Waals surface area contributed by atoms with Crippen LogP contribution in [0.1, 0.15) is 18.4 Å². The molecule has 1 aromatic carbocycles. The van der Waals surface area contributed by atoms with E-state index in [0.717, 1.165) is 5.56 Å². The number of ether oxygens (including phenoxy) is 2. The maximum atomic E-state index is 11.4. The highest BCUT2D eigenvalue weighted by atomic mass is 16.5. The lowest BCUT2D eigenvalue weighted by atomic mass is 10.2. The minimum absolute atomic E-state index is 0.247. The Balaban J connectivity index is 2.09. The van der Waals surface area contributed by atoms with Gasteiger partial charge in [0, 0.05) is 19.0 Å². The van der Waals surface area contributed by atoms with Crippen LogP contribution < -0.4 is 5.32 Å². The fraction of sp³-hybridized carbons (Fsp3) is 0.333. The van der Waals surface area contributed by atoms with Gasteiger partial charge in [0.1, 0.15) is 6.61 Å². The minimum atomic E-state index is -0.277. The first-order valence-corrected chi connectivity index (χ1v) is 6.39. The summed E-state index contributed by atoms with van der Waals surface area (Å²) in [6.45, 7) is 0.851. The Labute approximate surface area is 118 Å². The number of carbonyl (C=O) groups excluding carboxylic acids is 2. The van der Waals surface area contributed by atoms with Crippen molar-refractivity contribution in [3.8, 4) is 0 Å². The molecule has 0 saturated carbocycles. The molecule has 0 aliphatic carbocycles. The molecule has 1 rings (SSSR count). The van der Waals surface area contributed by atoms with E-state index in [4.69, 9.17) is 4.74 Å². The Morgan fingerprint density at radius 2 is 2.00 bits per heavy atom. The highest BCUT2D eigenvalue weighted by Crippen LogP contribution is 2.00. The van der Waals surface area contributed by atoms with Gasteiger partial charge in [-0.25, -0.2) is 0 Å². The first-order valence-electron chi connectivity index (χ1n) is 6.39. The summed E-state index contributed by atoms with van der Waals surface area (Å²) >= 11 is 0. The van der Waals surface area contributed by atoms with Gasteiger partial charge in [0.2, 0.25) is 5.91 Å². The molecule has 0 fully saturated rings. The largest absolute Gasteiger partial charge is 0.496 e. The lowest BCUT2D eigenvalue weighted by Gasteiger charge is -2.02. The summed E-state index contributed by atoms with van der Waals surface area (Å²) in [7, 11) is 1.34. The smallest absolute Gasteiger partial charge is 0.305 e. The fourth-order valence-electron chi connectivity index (χ4n) is 1.43. The van der Waals surface area contributed by atoms with Crippen molar-refractivity contribution < 1.29 is 19.1 Å². The van der Waals surface area contributed by atoms with Crippen LogP contribution in [0.4, 0.5) is 0 Å². The highest BCUT2D eigenvalue weighted by molar-refractivity contribution is 5.87. The average molecular weight is 277 g/mol. The van der Waals surface area contributed by atoms with Crippen LogP contribution >= 0.6 is 0 Å². The fourth-order valence-corrected chi connectivity index (χ4v) is 1.43. The molecular formula is C15H19NO4. The maximum Gasteiger partial charge on any atom is 0.305 e. The van der Waals surface area contributed by atoms with Crippen molar-refractivity contribution in [2.45, 2.75) is 19.4 Å². The van der Waals surface area contributed by atoms with Gasteiger partial charge in [-0.15, -0.1) is 0 Å². The molecule has 0 spiro atoms. The monoisotopic (exact) mass is 277 g/mol. The molecule has 0 radical (unpaired) electrons. The summed E-state index contributed by atoms with van der Waals surface area (Å²) in [5.41, 5.74) is 1.04. The molecule has 0 atom stereocenters. The molecule has 1 aromatic rings. The summed E-state index contributed by atoms with van der Waals surface area (Å²) in [6.07, 6.45) is 3.53. The normalized spacial score (nSPS) is 10.2. The maximum absolute atomic E-state index is 11.4. The van der Waals surface area contributed by atoms with Gasteiger partial charge in [-0.3, -0.25) is 9.59 Å². The Morgan fingerprint density at radius 1 is 1.25 bits per heavy atom. The zero-order chi connectivity index (χ0) is 14.6. The summed E-state index contributed by atoms with van der Waals surface area (Å²) in [5.74, 6) is -0.524. The second kappa shape index (κ2) is 9.61. The van der Waals surface area contributed by atoms with E-state index >= 15 is 0 Å². The molecule has 0 aromatic heterocycles. The molecule has 0 aliphatic rings. The quantitative estimate of drug-likeness (QED) is 0.340. The first-order chi connectivity index (χ1) is 9.72. The Morgan fingerprint density at radius 3 is 2.70 bits per heavy atom. The molecule has 5 heteroatoms. The highest BCUT2D eigenvalue weighted by Gasteiger charge is 2.00. The van der Waals surface area contributed by atoms with Crippen LogP contribution in [0.5, 0.6) is 0 Å². The van der Waals surface area contributed by atoms with Crippen molar-refractivity contribution in [2.24, 2.45) is 0 Å². The SMILES string of the molecule is COC(=O)CCCNC(=O)C=COCc1ccccc1. The van der Waals surface area contributed by atoms with Gasteiger partial charge in [-0.2, -0.15) is 0 Å². The van der Waals surface area contributed by atoms with Crippen LogP contribution in [0.2, 0.25) is 0 Å².